The molecule has 1 heterocycles. The average molecular weight is 278 g/mol. The van der Waals surface area contributed by atoms with E-state index in [2.05, 4.69) is 9.98 Å². The van der Waals surface area contributed by atoms with E-state index in [1.165, 1.54) is 0 Å². The lowest BCUT2D eigenvalue weighted by Crippen LogP contribution is -2.22. The van der Waals surface area contributed by atoms with Crippen molar-refractivity contribution in [3.63, 3.8) is 0 Å². The summed E-state index contributed by atoms with van der Waals surface area (Å²) in [4.78, 5) is 19.7. The molecular weight excluding hydrogens is 256 g/mol. The smallest absolute Gasteiger partial charge is 0.433 e. The summed E-state index contributed by atoms with van der Waals surface area (Å²) in [5.41, 5.74) is 0.315. The molecule has 20 heavy (non-hydrogen) atoms. The number of aromatic nitrogens is 1. The fraction of sp³-hybridized carbons (Fsp3) is 0.533. The van der Waals surface area contributed by atoms with Gasteiger partial charge in [0.25, 0.3) is 0 Å². The summed E-state index contributed by atoms with van der Waals surface area (Å²) >= 11 is 0. The lowest BCUT2D eigenvalue weighted by Gasteiger charge is -2.17. The van der Waals surface area contributed by atoms with Gasteiger partial charge in [0.1, 0.15) is 11.4 Å². The molecule has 1 aromatic rings. The monoisotopic (exact) mass is 278 g/mol. The first-order valence-corrected chi connectivity index (χ1v) is 6.63. The largest absolute Gasteiger partial charge is 0.495 e. The molecular formula is C15H22N2O3. The third kappa shape index (κ3) is 5.38. The minimum Gasteiger partial charge on any atom is -0.495 e. The first-order chi connectivity index (χ1) is 9.35. The second-order valence-electron chi connectivity index (χ2n) is 5.40. The highest BCUT2D eigenvalue weighted by molar-refractivity contribution is 5.82. The van der Waals surface area contributed by atoms with E-state index >= 15 is 0 Å². The van der Waals surface area contributed by atoms with Crippen LogP contribution in [-0.2, 0) is 4.74 Å². The number of pyridine rings is 1. The molecule has 1 rings (SSSR count). The van der Waals surface area contributed by atoms with Crippen molar-refractivity contribution in [1.82, 2.24) is 4.98 Å². The molecule has 110 valence electrons. The zero-order valence-corrected chi connectivity index (χ0v) is 12.7. The van der Waals surface area contributed by atoms with Crippen molar-refractivity contribution in [3.8, 4) is 5.75 Å². The molecule has 0 aliphatic heterocycles. The van der Waals surface area contributed by atoms with Crippen LogP contribution in [0.5, 0.6) is 5.75 Å². The minimum atomic E-state index is -0.579. The molecule has 0 aliphatic carbocycles. The highest BCUT2D eigenvalue weighted by atomic mass is 16.6. The second-order valence-corrected chi connectivity index (χ2v) is 5.40. The predicted molar refractivity (Wildman–Crippen MR) is 78.5 cm³/mol. The van der Waals surface area contributed by atoms with Crippen LogP contribution in [0.15, 0.2) is 23.3 Å². The Morgan fingerprint density at radius 2 is 2.15 bits per heavy atom. The molecule has 0 saturated heterocycles. The maximum absolute atomic E-state index is 11.6. The molecule has 0 aromatic carbocycles. The molecule has 5 heteroatoms. The summed E-state index contributed by atoms with van der Waals surface area (Å²) in [6, 6.07) is 3.71. The van der Waals surface area contributed by atoms with E-state index in [0.717, 1.165) is 12.1 Å². The fourth-order valence-corrected chi connectivity index (χ4v) is 1.56. The lowest BCUT2D eigenvalue weighted by molar-refractivity contribution is 0.0604. The first-order valence-electron chi connectivity index (χ1n) is 6.63. The number of rotatable bonds is 4. The molecule has 5 nitrogen and oxygen atoms in total. The highest BCUT2D eigenvalue weighted by Crippen LogP contribution is 2.18. The Labute approximate surface area is 120 Å². The Hall–Kier alpha value is -1.91. The molecule has 0 saturated carbocycles. The van der Waals surface area contributed by atoms with Gasteiger partial charge >= 0.3 is 6.09 Å². The summed E-state index contributed by atoms with van der Waals surface area (Å²) in [5.74, 6) is 0.682. The third-order valence-corrected chi connectivity index (χ3v) is 2.57. The molecule has 0 bridgehead atoms. The maximum Gasteiger partial charge on any atom is 0.433 e. The highest BCUT2D eigenvalue weighted by Gasteiger charge is 2.16. The number of hydrogen-bond acceptors (Lipinski definition) is 4. The molecule has 0 spiro atoms. The van der Waals surface area contributed by atoms with Gasteiger partial charge in [0, 0.05) is 17.8 Å². The van der Waals surface area contributed by atoms with E-state index in [1.54, 1.807) is 19.5 Å². The van der Waals surface area contributed by atoms with Crippen molar-refractivity contribution < 1.29 is 14.3 Å². The van der Waals surface area contributed by atoms with Crippen LogP contribution in [0.3, 0.4) is 0 Å². The van der Waals surface area contributed by atoms with E-state index in [4.69, 9.17) is 9.47 Å². The Morgan fingerprint density at radius 3 is 2.60 bits per heavy atom. The van der Waals surface area contributed by atoms with Crippen LogP contribution in [0.1, 0.15) is 45.7 Å². The topological polar surface area (TPSA) is 60.8 Å². The molecule has 0 aliphatic rings. The Kier molecular flexibility index (Phi) is 5.67. The van der Waals surface area contributed by atoms with E-state index < -0.39 is 11.7 Å². The summed E-state index contributed by atoms with van der Waals surface area (Å²) in [6.45, 7) is 7.44. The van der Waals surface area contributed by atoms with Crippen LogP contribution in [0.4, 0.5) is 4.79 Å². The summed E-state index contributed by atoms with van der Waals surface area (Å²) < 4.78 is 10.2. The average Bonchev–Trinajstić information content (AvgIpc) is 2.38. The van der Waals surface area contributed by atoms with Gasteiger partial charge in [-0.2, -0.15) is 4.99 Å². The number of carbonyl (C=O) groups excluding carboxylic acids is 1. The Bertz CT molecular complexity index is 461. The minimum absolute atomic E-state index is 0.0200. The van der Waals surface area contributed by atoms with Gasteiger partial charge in [-0.1, -0.05) is 6.92 Å². The van der Waals surface area contributed by atoms with Crippen molar-refractivity contribution in [2.24, 2.45) is 4.99 Å². The van der Waals surface area contributed by atoms with Gasteiger partial charge in [0.15, 0.2) is 0 Å². The number of aliphatic imine (C=N–C) groups is 1. The Balaban J connectivity index is 2.73. The van der Waals surface area contributed by atoms with E-state index in [1.807, 2.05) is 39.8 Å². The lowest BCUT2D eigenvalue weighted by atomic mass is 10.0. The fourth-order valence-electron chi connectivity index (χ4n) is 1.56. The standard InChI is InChI=1S/C15H22N2O3/c1-6-11(9-17-14(18)20-15(2,3)4)13-8-7-12(19-5)10-16-13/h7-11H,6H2,1-5H3. The maximum atomic E-state index is 11.6. The quantitative estimate of drug-likeness (QED) is 0.790. The predicted octanol–water partition coefficient (Wildman–Crippen LogP) is 3.59. The molecule has 1 aromatic heterocycles. The zero-order valence-electron chi connectivity index (χ0n) is 12.7. The summed E-state index contributed by atoms with van der Waals surface area (Å²) in [5, 5.41) is 0. The number of hydrogen-bond donors (Lipinski definition) is 0. The van der Waals surface area contributed by atoms with Crippen molar-refractivity contribution in [3.05, 3.63) is 24.0 Å². The van der Waals surface area contributed by atoms with Crippen LogP contribution < -0.4 is 4.74 Å². The van der Waals surface area contributed by atoms with Gasteiger partial charge in [0.2, 0.25) is 0 Å². The van der Waals surface area contributed by atoms with Crippen molar-refractivity contribution in [2.75, 3.05) is 7.11 Å². The van der Waals surface area contributed by atoms with Crippen molar-refractivity contribution in [1.29, 1.82) is 0 Å². The van der Waals surface area contributed by atoms with Crippen LogP contribution in [0, 0.1) is 0 Å². The Morgan fingerprint density at radius 1 is 1.45 bits per heavy atom. The summed E-state index contributed by atoms with van der Waals surface area (Å²) in [7, 11) is 1.60. The first kappa shape index (κ1) is 16.1. The van der Waals surface area contributed by atoms with Crippen molar-refractivity contribution >= 4 is 12.3 Å². The van der Waals surface area contributed by atoms with Crippen LogP contribution in [0.2, 0.25) is 0 Å². The molecule has 0 N–H and O–H groups in total. The molecule has 0 radical (unpaired) electrons. The SMILES string of the molecule is CCC(C=NC(=O)OC(C)(C)C)c1ccc(OC)cn1. The van der Waals surface area contributed by atoms with Gasteiger partial charge in [-0.3, -0.25) is 4.98 Å². The second kappa shape index (κ2) is 7.03. The number of nitrogens with zero attached hydrogens (tertiary/aromatic N) is 2. The van der Waals surface area contributed by atoms with Gasteiger partial charge in [-0.25, -0.2) is 4.79 Å². The van der Waals surface area contributed by atoms with Gasteiger partial charge in [0.05, 0.1) is 13.3 Å². The van der Waals surface area contributed by atoms with Crippen LogP contribution in [0.25, 0.3) is 0 Å². The number of amides is 1. The van der Waals surface area contributed by atoms with E-state index in [-0.39, 0.29) is 5.92 Å². The number of ether oxygens (including phenoxy) is 2. The van der Waals surface area contributed by atoms with Gasteiger partial charge in [-0.05, 0) is 39.3 Å². The summed E-state index contributed by atoms with van der Waals surface area (Å²) in [6.07, 6.45) is 3.46. The van der Waals surface area contributed by atoms with E-state index in [9.17, 15) is 4.79 Å². The zero-order chi connectivity index (χ0) is 15.2. The van der Waals surface area contributed by atoms with Crippen LogP contribution in [-0.4, -0.2) is 30.0 Å². The van der Waals surface area contributed by atoms with E-state index in [0.29, 0.717) is 5.75 Å². The number of carbonyl (C=O) groups is 1. The molecule has 1 unspecified atom stereocenters. The molecule has 0 fully saturated rings. The number of methoxy groups -OCH3 is 1. The third-order valence-electron chi connectivity index (χ3n) is 2.57. The van der Waals surface area contributed by atoms with Gasteiger partial charge in [-0.15, -0.1) is 0 Å². The van der Waals surface area contributed by atoms with Crippen molar-refractivity contribution in [2.45, 2.75) is 45.6 Å². The molecule has 1 amide bonds. The van der Waals surface area contributed by atoms with Gasteiger partial charge < -0.3 is 9.47 Å². The normalized spacial score (nSPS) is 13.2. The van der Waals surface area contributed by atoms with Crippen LogP contribution >= 0.6 is 0 Å². The molecule has 1 atom stereocenters.